The predicted octanol–water partition coefficient (Wildman–Crippen LogP) is 4.32. The van der Waals surface area contributed by atoms with E-state index in [1.54, 1.807) is 0 Å². The van der Waals surface area contributed by atoms with Gasteiger partial charge < -0.3 is 5.32 Å². The van der Waals surface area contributed by atoms with Crippen LogP contribution in [0.25, 0.3) is 0 Å². The lowest BCUT2D eigenvalue weighted by molar-refractivity contribution is 0.512. The summed E-state index contributed by atoms with van der Waals surface area (Å²) in [6.45, 7) is 5.07. The Balaban J connectivity index is 2.32. The van der Waals surface area contributed by atoms with Gasteiger partial charge in [-0.05, 0) is 38.1 Å². The van der Waals surface area contributed by atoms with Crippen LogP contribution in [0, 0.1) is 6.92 Å². The Morgan fingerprint density at radius 1 is 1.29 bits per heavy atom. The van der Waals surface area contributed by atoms with Gasteiger partial charge in [0.1, 0.15) is 0 Å². The van der Waals surface area contributed by atoms with E-state index in [0.717, 1.165) is 36.3 Å². The minimum absolute atomic E-state index is 0.0842. The third kappa shape index (κ3) is 4.00. The van der Waals surface area contributed by atoms with Crippen molar-refractivity contribution in [3.63, 3.8) is 0 Å². The van der Waals surface area contributed by atoms with Crippen LogP contribution in [0.4, 0.5) is 0 Å². The lowest BCUT2D eigenvalue weighted by Gasteiger charge is -2.21. The second kappa shape index (κ2) is 7.30. The zero-order chi connectivity index (χ0) is 15.4. The SMILES string of the molecule is CCCNC(Cc1cc(C)nn1C)c1c(Cl)cccc1Cl. The topological polar surface area (TPSA) is 29.9 Å². The molecule has 1 heterocycles. The maximum absolute atomic E-state index is 6.37. The molecule has 0 saturated carbocycles. The van der Waals surface area contributed by atoms with Crippen molar-refractivity contribution in [1.82, 2.24) is 15.1 Å². The molecule has 0 saturated heterocycles. The first kappa shape index (κ1) is 16.3. The van der Waals surface area contributed by atoms with Crippen LogP contribution in [0.1, 0.15) is 36.3 Å². The van der Waals surface area contributed by atoms with Gasteiger partial charge in [0, 0.05) is 40.8 Å². The molecule has 1 atom stereocenters. The van der Waals surface area contributed by atoms with Crippen LogP contribution in [0.15, 0.2) is 24.3 Å². The molecular weight excluding hydrogens is 305 g/mol. The molecule has 21 heavy (non-hydrogen) atoms. The molecule has 0 aliphatic rings. The average molecular weight is 326 g/mol. The number of aryl methyl sites for hydroxylation is 2. The Bertz CT molecular complexity index is 587. The standard InChI is InChI=1S/C16H21Cl2N3/c1-4-8-19-15(10-12-9-11(2)20-21(12)3)16-13(17)6-5-7-14(16)18/h5-7,9,15,19H,4,8,10H2,1-3H3. The van der Waals surface area contributed by atoms with E-state index in [4.69, 9.17) is 23.2 Å². The van der Waals surface area contributed by atoms with Gasteiger partial charge in [-0.2, -0.15) is 5.10 Å². The highest BCUT2D eigenvalue weighted by Crippen LogP contribution is 2.32. The molecule has 2 rings (SSSR count). The number of aromatic nitrogens is 2. The maximum atomic E-state index is 6.37. The second-order valence-corrected chi connectivity index (χ2v) is 6.06. The van der Waals surface area contributed by atoms with E-state index >= 15 is 0 Å². The fourth-order valence-corrected chi connectivity index (χ4v) is 3.16. The number of hydrogen-bond donors (Lipinski definition) is 1. The molecule has 0 amide bonds. The number of nitrogens with zero attached hydrogens (tertiary/aromatic N) is 2. The summed E-state index contributed by atoms with van der Waals surface area (Å²) >= 11 is 12.7. The van der Waals surface area contributed by atoms with E-state index in [-0.39, 0.29) is 6.04 Å². The van der Waals surface area contributed by atoms with Crippen molar-refractivity contribution in [1.29, 1.82) is 0 Å². The summed E-state index contributed by atoms with van der Waals surface area (Å²) < 4.78 is 1.92. The summed E-state index contributed by atoms with van der Waals surface area (Å²) in [5.74, 6) is 0. The lowest BCUT2D eigenvalue weighted by atomic mass is 10.0. The molecule has 0 radical (unpaired) electrons. The molecule has 0 aliphatic heterocycles. The second-order valence-electron chi connectivity index (χ2n) is 5.25. The molecule has 114 valence electrons. The molecule has 0 aliphatic carbocycles. The number of hydrogen-bond acceptors (Lipinski definition) is 2. The van der Waals surface area contributed by atoms with Gasteiger partial charge in [0.25, 0.3) is 0 Å². The lowest BCUT2D eigenvalue weighted by Crippen LogP contribution is -2.25. The van der Waals surface area contributed by atoms with Crippen molar-refractivity contribution >= 4 is 23.2 Å². The molecule has 1 aromatic carbocycles. The average Bonchev–Trinajstić information content (AvgIpc) is 2.73. The Labute approximate surface area is 136 Å². The van der Waals surface area contributed by atoms with Crippen LogP contribution in [0.3, 0.4) is 0 Å². The molecule has 3 nitrogen and oxygen atoms in total. The minimum Gasteiger partial charge on any atom is -0.310 e. The minimum atomic E-state index is 0.0842. The zero-order valence-corrected chi connectivity index (χ0v) is 14.2. The largest absolute Gasteiger partial charge is 0.310 e. The first-order chi connectivity index (χ1) is 10.0. The highest BCUT2D eigenvalue weighted by atomic mass is 35.5. The molecule has 2 aromatic rings. The highest BCUT2D eigenvalue weighted by molar-refractivity contribution is 6.36. The number of halogens is 2. The van der Waals surface area contributed by atoms with Crippen molar-refractivity contribution in [2.45, 2.75) is 32.7 Å². The summed E-state index contributed by atoms with van der Waals surface area (Å²) in [5.41, 5.74) is 3.15. The summed E-state index contributed by atoms with van der Waals surface area (Å²) in [4.78, 5) is 0. The summed E-state index contributed by atoms with van der Waals surface area (Å²) in [7, 11) is 1.97. The summed E-state index contributed by atoms with van der Waals surface area (Å²) in [5, 5.41) is 9.36. The Kier molecular flexibility index (Phi) is 5.68. The normalized spacial score (nSPS) is 12.6. The van der Waals surface area contributed by atoms with E-state index in [1.165, 1.54) is 0 Å². The van der Waals surface area contributed by atoms with Gasteiger partial charge in [-0.3, -0.25) is 4.68 Å². The monoisotopic (exact) mass is 325 g/mol. The Morgan fingerprint density at radius 3 is 2.48 bits per heavy atom. The molecule has 0 spiro atoms. The van der Waals surface area contributed by atoms with Crippen molar-refractivity contribution in [3.05, 3.63) is 51.3 Å². The van der Waals surface area contributed by atoms with Crippen molar-refractivity contribution in [2.75, 3.05) is 6.54 Å². The van der Waals surface area contributed by atoms with Crippen LogP contribution in [0.5, 0.6) is 0 Å². The summed E-state index contributed by atoms with van der Waals surface area (Å²) in [6, 6.07) is 7.83. The van der Waals surface area contributed by atoms with Gasteiger partial charge >= 0.3 is 0 Å². The van der Waals surface area contributed by atoms with Crippen LogP contribution >= 0.6 is 23.2 Å². The van der Waals surface area contributed by atoms with E-state index in [9.17, 15) is 0 Å². The smallest absolute Gasteiger partial charge is 0.0596 e. The molecule has 0 fully saturated rings. The van der Waals surface area contributed by atoms with Crippen molar-refractivity contribution in [3.8, 4) is 0 Å². The first-order valence-electron chi connectivity index (χ1n) is 7.19. The van der Waals surface area contributed by atoms with E-state index in [2.05, 4.69) is 23.4 Å². The quantitative estimate of drug-likeness (QED) is 0.857. The third-order valence-corrected chi connectivity index (χ3v) is 4.16. The molecule has 1 N–H and O–H groups in total. The fourth-order valence-electron chi connectivity index (χ4n) is 2.50. The van der Waals surface area contributed by atoms with Gasteiger partial charge in [-0.25, -0.2) is 0 Å². The van der Waals surface area contributed by atoms with Gasteiger partial charge in [-0.15, -0.1) is 0 Å². The molecule has 1 aromatic heterocycles. The van der Waals surface area contributed by atoms with Gasteiger partial charge in [0.2, 0.25) is 0 Å². The molecular formula is C16H21Cl2N3. The summed E-state index contributed by atoms with van der Waals surface area (Å²) in [6.07, 6.45) is 1.86. The van der Waals surface area contributed by atoms with Gasteiger partial charge in [-0.1, -0.05) is 36.2 Å². The highest BCUT2D eigenvalue weighted by Gasteiger charge is 2.19. The Hall–Kier alpha value is -1.03. The van der Waals surface area contributed by atoms with E-state index in [1.807, 2.05) is 36.9 Å². The number of rotatable bonds is 6. The van der Waals surface area contributed by atoms with Gasteiger partial charge in [0.05, 0.1) is 5.69 Å². The first-order valence-corrected chi connectivity index (χ1v) is 7.95. The Morgan fingerprint density at radius 2 is 1.95 bits per heavy atom. The van der Waals surface area contributed by atoms with E-state index < -0.39 is 0 Å². The van der Waals surface area contributed by atoms with E-state index in [0.29, 0.717) is 10.0 Å². The predicted molar refractivity (Wildman–Crippen MR) is 89.1 cm³/mol. The zero-order valence-electron chi connectivity index (χ0n) is 12.7. The van der Waals surface area contributed by atoms with Crippen LogP contribution in [-0.4, -0.2) is 16.3 Å². The third-order valence-electron chi connectivity index (χ3n) is 3.50. The molecule has 0 bridgehead atoms. The molecule has 5 heteroatoms. The van der Waals surface area contributed by atoms with Crippen LogP contribution in [0.2, 0.25) is 10.0 Å². The van der Waals surface area contributed by atoms with Crippen molar-refractivity contribution < 1.29 is 0 Å². The maximum Gasteiger partial charge on any atom is 0.0596 e. The van der Waals surface area contributed by atoms with Crippen molar-refractivity contribution in [2.24, 2.45) is 7.05 Å². The fraction of sp³-hybridized carbons (Fsp3) is 0.438. The molecule has 1 unspecified atom stereocenters. The van der Waals surface area contributed by atoms with Gasteiger partial charge in [0.15, 0.2) is 0 Å². The van der Waals surface area contributed by atoms with Crippen LogP contribution < -0.4 is 5.32 Å². The van der Waals surface area contributed by atoms with Crippen LogP contribution in [-0.2, 0) is 13.5 Å². The number of benzene rings is 1. The number of nitrogens with one attached hydrogen (secondary N) is 1.